The average molecular weight is 552 g/mol. The summed E-state index contributed by atoms with van der Waals surface area (Å²) in [6, 6.07) is 21.5. The van der Waals surface area contributed by atoms with Crippen LogP contribution in [0.3, 0.4) is 0 Å². The highest BCUT2D eigenvalue weighted by molar-refractivity contribution is 6.27. The SMILES string of the molecule is Cc1ccc(C)c2c1c1ccc(C)c3c1n2c1cc(-c2c(C(C)C)cc(C(C)C)cc2C(C)C)cc2cc[n+](C)c3c21. The van der Waals surface area contributed by atoms with Gasteiger partial charge in [0.05, 0.1) is 27.3 Å². The van der Waals surface area contributed by atoms with Crippen molar-refractivity contribution in [2.75, 3.05) is 0 Å². The molecule has 0 aliphatic rings. The van der Waals surface area contributed by atoms with Crippen molar-refractivity contribution in [2.45, 2.75) is 80.1 Å². The lowest BCUT2D eigenvalue weighted by Gasteiger charge is -2.24. The van der Waals surface area contributed by atoms with E-state index >= 15 is 0 Å². The van der Waals surface area contributed by atoms with Gasteiger partial charge in [0.15, 0.2) is 6.20 Å². The Bertz CT molecular complexity index is 2180. The van der Waals surface area contributed by atoms with Crippen molar-refractivity contribution >= 4 is 49.0 Å². The Morgan fingerprint density at radius 2 is 1.24 bits per heavy atom. The minimum absolute atomic E-state index is 0.430. The lowest BCUT2D eigenvalue weighted by molar-refractivity contribution is -0.643. The van der Waals surface area contributed by atoms with Crippen LogP contribution in [0, 0.1) is 20.8 Å². The second kappa shape index (κ2) is 9.30. The van der Waals surface area contributed by atoms with Crippen LogP contribution in [0.25, 0.3) is 60.1 Å². The van der Waals surface area contributed by atoms with Gasteiger partial charge in [0.1, 0.15) is 7.05 Å². The number of aryl methyl sites for hydroxylation is 4. The van der Waals surface area contributed by atoms with E-state index in [2.05, 4.69) is 139 Å². The number of pyridine rings is 2. The molecule has 3 heterocycles. The zero-order valence-electron chi connectivity index (χ0n) is 26.9. The number of aromatic nitrogens is 2. The van der Waals surface area contributed by atoms with Crippen LogP contribution in [0.1, 0.15) is 92.7 Å². The summed E-state index contributed by atoms with van der Waals surface area (Å²) < 4.78 is 4.95. The molecule has 4 aromatic carbocycles. The first-order valence-corrected chi connectivity index (χ1v) is 15.7. The summed E-state index contributed by atoms with van der Waals surface area (Å²) in [5.41, 5.74) is 16.4. The van der Waals surface area contributed by atoms with Crippen LogP contribution in [0.2, 0.25) is 0 Å². The van der Waals surface area contributed by atoms with Crippen LogP contribution < -0.4 is 4.57 Å². The molecule has 0 N–H and O–H groups in total. The lowest BCUT2D eigenvalue weighted by Crippen LogP contribution is -2.29. The second-order valence-electron chi connectivity index (χ2n) is 13.7. The van der Waals surface area contributed by atoms with Gasteiger partial charge in [-0.15, -0.1) is 0 Å². The normalized spacial score (nSPS) is 12.7. The van der Waals surface area contributed by atoms with Gasteiger partial charge >= 0.3 is 0 Å². The summed E-state index contributed by atoms with van der Waals surface area (Å²) in [6.07, 6.45) is 2.26. The molecule has 0 aliphatic carbocycles. The van der Waals surface area contributed by atoms with Crippen molar-refractivity contribution in [1.29, 1.82) is 0 Å². The zero-order valence-corrected chi connectivity index (χ0v) is 26.9. The Morgan fingerprint density at radius 1 is 0.619 bits per heavy atom. The first-order chi connectivity index (χ1) is 20.0. The average Bonchev–Trinajstić information content (AvgIpc) is 3.31. The summed E-state index contributed by atoms with van der Waals surface area (Å²) >= 11 is 0. The van der Waals surface area contributed by atoms with Crippen molar-refractivity contribution in [1.82, 2.24) is 4.40 Å². The number of benzene rings is 4. The Balaban J connectivity index is 1.77. The van der Waals surface area contributed by atoms with Crippen LogP contribution >= 0.6 is 0 Å². The van der Waals surface area contributed by atoms with Crippen LogP contribution in [0.5, 0.6) is 0 Å². The largest absolute Gasteiger partial charge is 0.307 e. The van der Waals surface area contributed by atoms with Gasteiger partial charge in [-0.05, 0) is 101 Å². The molecule has 2 nitrogen and oxygen atoms in total. The fraction of sp³-hybridized carbons (Fsp3) is 0.325. The highest BCUT2D eigenvalue weighted by Gasteiger charge is 2.27. The third kappa shape index (κ3) is 3.60. The van der Waals surface area contributed by atoms with Crippen molar-refractivity contribution in [3.8, 4) is 11.1 Å². The molecule has 7 rings (SSSR count). The third-order valence-corrected chi connectivity index (χ3v) is 9.80. The van der Waals surface area contributed by atoms with Gasteiger partial charge < -0.3 is 4.40 Å². The van der Waals surface area contributed by atoms with E-state index in [9.17, 15) is 0 Å². The van der Waals surface area contributed by atoms with Crippen molar-refractivity contribution in [2.24, 2.45) is 7.05 Å². The van der Waals surface area contributed by atoms with E-state index in [0.717, 1.165) is 0 Å². The minimum Gasteiger partial charge on any atom is -0.307 e. The summed E-state index contributed by atoms with van der Waals surface area (Å²) in [7, 11) is 2.21. The molecule has 0 bridgehead atoms. The molecule has 0 saturated carbocycles. The van der Waals surface area contributed by atoms with Gasteiger partial charge in [0.25, 0.3) is 0 Å². The Morgan fingerprint density at radius 3 is 1.88 bits per heavy atom. The number of rotatable bonds is 4. The van der Waals surface area contributed by atoms with Crippen molar-refractivity contribution < 1.29 is 4.57 Å². The summed E-state index contributed by atoms with van der Waals surface area (Å²) in [5.74, 6) is 1.36. The molecule has 0 unspecified atom stereocenters. The minimum atomic E-state index is 0.430. The van der Waals surface area contributed by atoms with E-state index in [1.807, 2.05) is 0 Å². The summed E-state index contributed by atoms with van der Waals surface area (Å²) in [6.45, 7) is 20.9. The maximum absolute atomic E-state index is 2.61. The van der Waals surface area contributed by atoms with E-state index in [1.165, 1.54) is 93.5 Å². The molecule has 7 aromatic rings. The van der Waals surface area contributed by atoms with Crippen LogP contribution in [-0.2, 0) is 7.05 Å². The van der Waals surface area contributed by atoms with Crippen molar-refractivity contribution in [3.05, 3.63) is 94.2 Å². The summed E-state index contributed by atoms with van der Waals surface area (Å²) in [4.78, 5) is 0. The monoisotopic (exact) mass is 551 g/mol. The fourth-order valence-electron chi connectivity index (χ4n) is 7.59. The van der Waals surface area contributed by atoms with Crippen LogP contribution in [-0.4, -0.2) is 4.40 Å². The van der Waals surface area contributed by atoms with E-state index in [1.54, 1.807) is 0 Å². The van der Waals surface area contributed by atoms with E-state index < -0.39 is 0 Å². The zero-order chi connectivity index (χ0) is 29.8. The molecule has 3 aromatic heterocycles. The predicted molar refractivity (Wildman–Crippen MR) is 182 cm³/mol. The first-order valence-electron chi connectivity index (χ1n) is 15.7. The van der Waals surface area contributed by atoms with Gasteiger partial charge in [0, 0.05) is 16.8 Å². The molecule has 0 atom stereocenters. The molecule has 0 fully saturated rings. The van der Waals surface area contributed by atoms with Crippen molar-refractivity contribution in [3.63, 3.8) is 0 Å². The molecule has 0 spiro atoms. The van der Waals surface area contributed by atoms with Gasteiger partial charge in [-0.3, -0.25) is 0 Å². The Labute approximate surface area is 249 Å². The number of hydrogen-bond donors (Lipinski definition) is 0. The Kier molecular flexibility index (Phi) is 5.97. The lowest BCUT2D eigenvalue weighted by atomic mass is 9.81. The molecule has 0 radical (unpaired) electrons. The molecule has 2 heteroatoms. The van der Waals surface area contributed by atoms with Crippen LogP contribution in [0.15, 0.2) is 60.8 Å². The maximum Gasteiger partial charge on any atom is 0.224 e. The predicted octanol–water partition coefficient (Wildman–Crippen LogP) is 10.8. The van der Waals surface area contributed by atoms with E-state index in [-0.39, 0.29) is 0 Å². The summed E-state index contributed by atoms with van der Waals surface area (Å²) in [5, 5.41) is 6.76. The van der Waals surface area contributed by atoms with E-state index in [4.69, 9.17) is 0 Å². The Hall–Kier alpha value is -3.91. The van der Waals surface area contributed by atoms with Gasteiger partial charge in [0.2, 0.25) is 5.52 Å². The molecule has 0 amide bonds. The van der Waals surface area contributed by atoms with Gasteiger partial charge in [-0.2, -0.15) is 0 Å². The second-order valence-corrected chi connectivity index (χ2v) is 13.7. The number of fused-ring (bicyclic) bond motifs is 5. The smallest absolute Gasteiger partial charge is 0.224 e. The molecular weight excluding hydrogens is 508 g/mol. The number of hydrogen-bond acceptors (Lipinski definition) is 0. The maximum atomic E-state index is 2.61. The highest BCUT2D eigenvalue weighted by atomic mass is 15.0. The van der Waals surface area contributed by atoms with E-state index in [0.29, 0.717) is 17.8 Å². The molecule has 0 saturated heterocycles. The molecular formula is C40H43N2+. The molecule has 0 aliphatic heterocycles. The fourth-order valence-corrected chi connectivity index (χ4v) is 7.59. The van der Waals surface area contributed by atoms with Crippen LogP contribution in [0.4, 0.5) is 0 Å². The molecule has 42 heavy (non-hydrogen) atoms. The third-order valence-electron chi connectivity index (χ3n) is 9.80. The standard InChI is InChI=1S/C40H43N2/c1-21(2)28-18-31(22(3)4)36(32(19-28)23(5)6)29-17-27-15-16-41(10)40-35-25(8)13-14-30-34-24(7)11-12-26(9)38(34)42(39(30)35)33(20-29)37(27)40/h11-23H,1-10H3/q+1. The first kappa shape index (κ1) is 27.0. The number of nitrogens with zero attached hydrogens (tertiary/aromatic N) is 2. The topological polar surface area (TPSA) is 8.29 Å². The molecule has 212 valence electrons. The van der Waals surface area contributed by atoms with Gasteiger partial charge in [-0.25, -0.2) is 4.57 Å². The quantitative estimate of drug-likeness (QED) is 0.117. The van der Waals surface area contributed by atoms with Gasteiger partial charge in [-0.1, -0.05) is 77.9 Å². The highest BCUT2D eigenvalue weighted by Crippen LogP contribution is 2.45.